The SMILES string of the molecule is COc1ccc(OC)c(CN2CCc3nc([C@H]4CCCCN4)ncc3C2)c1. The molecule has 4 rings (SSSR count). The third-order valence-corrected chi connectivity index (χ3v) is 5.54. The fraction of sp³-hybridized carbons (Fsp3) is 0.524. The predicted molar refractivity (Wildman–Crippen MR) is 104 cm³/mol. The van der Waals surface area contributed by atoms with Crippen molar-refractivity contribution < 1.29 is 9.47 Å². The standard InChI is InChI=1S/C21H28N4O2/c1-26-17-6-7-20(27-2)15(11-17)13-25-10-8-18-16(14-25)12-23-21(24-18)19-5-3-4-9-22-19/h6-7,11-12,19,22H,3-5,8-10,13-14H2,1-2H3/t19-/m1/s1. The molecule has 0 unspecified atom stereocenters. The second-order valence-corrected chi connectivity index (χ2v) is 7.34. The molecule has 27 heavy (non-hydrogen) atoms. The molecule has 0 aliphatic carbocycles. The number of hydrogen-bond donors (Lipinski definition) is 1. The van der Waals surface area contributed by atoms with Crippen LogP contribution >= 0.6 is 0 Å². The fourth-order valence-corrected chi connectivity index (χ4v) is 4.01. The van der Waals surface area contributed by atoms with Crippen molar-refractivity contribution in [2.75, 3.05) is 27.3 Å². The van der Waals surface area contributed by atoms with Crippen LogP contribution in [0.1, 0.15) is 47.9 Å². The number of fused-ring (bicyclic) bond motifs is 1. The van der Waals surface area contributed by atoms with E-state index in [9.17, 15) is 0 Å². The van der Waals surface area contributed by atoms with Crippen molar-refractivity contribution in [1.82, 2.24) is 20.2 Å². The highest BCUT2D eigenvalue weighted by Crippen LogP contribution is 2.28. The van der Waals surface area contributed by atoms with Gasteiger partial charge in [0.15, 0.2) is 0 Å². The molecular formula is C21H28N4O2. The first-order valence-corrected chi connectivity index (χ1v) is 9.78. The number of piperidine rings is 1. The minimum Gasteiger partial charge on any atom is -0.497 e. The lowest BCUT2D eigenvalue weighted by Crippen LogP contribution is -2.33. The number of rotatable bonds is 5. The van der Waals surface area contributed by atoms with E-state index in [2.05, 4.69) is 21.3 Å². The van der Waals surface area contributed by atoms with E-state index in [0.717, 1.165) is 61.9 Å². The molecule has 1 N–H and O–H groups in total. The van der Waals surface area contributed by atoms with E-state index in [1.54, 1.807) is 14.2 Å². The van der Waals surface area contributed by atoms with Crippen LogP contribution in [-0.4, -0.2) is 42.2 Å². The van der Waals surface area contributed by atoms with Crippen molar-refractivity contribution in [3.05, 3.63) is 47.0 Å². The van der Waals surface area contributed by atoms with Crippen LogP contribution in [0.2, 0.25) is 0 Å². The molecule has 6 heteroatoms. The first kappa shape index (κ1) is 18.2. The summed E-state index contributed by atoms with van der Waals surface area (Å²) < 4.78 is 10.9. The maximum absolute atomic E-state index is 5.52. The molecule has 1 aromatic carbocycles. The lowest BCUT2D eigenvalue weighted by molar-refractivity contribution is 0.238. The summed E-state index contributed by atoms with van der Waals surface area (Å²) in [5.41, 5.74) is 3.59. The summed E-state index contributed by atoms with van der Waals surface area (Å²) in [5.74, 6) is 2.73. The van der Waals surface area contributed by atoms with Gasteiger partial charge in [0.05, 0.1) is 20.3 Å². The molecule has 1 saturated heterocycles. The molecule has 2 aliphatic heterocycles. The minimum atomic E-state index is 0.322. The molecule has 0 saturated carbocycles. The summed E-state index contributed by atoms with van der Waals surface area (Å²) in [6.45, 7) is 3.75. The number of methoxy groups -OCH3 is 2. The van der Waals surface area contributed by atoms with Crippen molar-refractivity contribution >= 4 is 0 Å². The van der Waals surface area contributed by atoms with Crippen LogP contribution in [0.4, 0.5) is 0 Å². The lowest BCUT2D eigenvalue weighted by atomic mass is 10.0. The van der Waals surface area contributed by atoms with Gasteiger partial charge in [0.2, 0.25) is 0 Å². The normalized spacial score (nSPS) is 20.1. The van der Waals surface area contributed by atoms with E-state index in [-0.39, 0.29) is 0 Å². The molecular weight excluding hydrogens is 340 g/mol. The predicted octanol–water partition coefficient (Wildman–Crippen LogP) is 2.87. The minimum absolute atomic E-state index is 0.322. The Morgan fingerprint density at radius 3 is 2.93 bits per heavy atom. The second kappa shape index (κ2) is 8.23. The number of benzene rings is 1. The average Bonchev–Trinajstić information content (AvgIpc) is 2.74. The average molecular weight is 368 g/mol. The highest BCUT2D eigenvalue weighted by Gasteiger charge is 2.23. The van der Waals surface area contributed by atoms with E-state index in [1.807, 2.05) is 18.3 Å². The Bertz CT molecular complexity index is 790. The molecule has 0 spiro atoms. The van der Waals surface area contributed by atoms with Crippen molar-refractivity contribution in [2.45, 2.75) is 44.8 Å². The Kier molecular flexibility index (Phi) is 5.55. The quantitative estimate of drug-likeness (QED) is 0.876. The summed E-state index contributed by atoms with van der Waals surface area (Å²) >= 11 is 0. The van der Waals surface area contributed by atoms with Crippen molar-refractivity contribution in [3.63, 3.8) is 0 Å². The zero-order valence-corrected chi connectivity index (χ0v) is 16.2. The third-order valence-electron chi connectivity index (χ3n) is 5.54. The van der Waals surface area contributed by atoms with Crippen LogP contribution in [0.5, 0.6) is 11.5 Å². The van der Waals surface area contributed by atoms with Gasteiger partial charge < -0.3 is 14.8 Å². The maximum Gasteiger partial charge on any atom is 0.145 e. The van der Waals surface area contributed by atoms with Crippen LogP contribution in [0.25, 0.3) is 0 Å². The highest BCUT2D eigenvalue weighted by molar-refractivity contribution is 5.40. The van der Waals surface area contributed by atoms with Gasteiger partial charge in [0.25, 0.3) is 0 Å². The number of nitrogens with one attached hydrogen (secondary N) is 1. The van der Waals surface area contributed by atoms with E-state index in [0.29, 0.717) is 6.04 Å². The molecule has 3 heterocycles. The van der Waals surface area contributed by atoms with E-state index in [4.69, 9.17) is 14.5 Å². The zero-order valence-electron chi connectivity index (χ0n) is 16.2. The van der Waals surface area contributed by atoms with Gasteiger partial charge in [-0.1, -0.05) is 6.42 Å². The summed E-state index contributed by atoms with van der Waals surface area (Å²) in [4.78, 5) is 12.0. The summed E-state index contributed by atoms with van der Waals surface area (Å²) in [5, 5.41) is 3.55. The lowest BCUT2D eigenvalue weighted by Gasteiger charge is -2.29. The molecule has 1 fully saturated rings. The Hall–Kier alpha value is -2.18. The third kappa shape index (κ3) is 4.06. The van der Waals surface area contributed by atoms with Crippen molar-refractivity contribution in [2.24, 2.45) is 0 Å². The van der Waals surface area contributed by atoms with Crippen LogP contribution in [0.3, 0.4) is 0 Å². The van der Waals surface area contributed by atoms with Crippen LogP contribution in [-0.2, 0) is 19.5 Å². The van der Waals surface area contributed by atoms with Gasteiger partial charge >= 0.3 is 0 Å². The van der Waals surface area contributed by atoms with Gasteiger partial charge in [0.1, 0.15) is 17.3 Å². The molecule has 1 atom stereocenters. The smallest absolute Gasteiger partial charge is 0.145 e. The largest absolute Gasteiger partial charge is 0.497 e. The highest BCUT2D eigenvalue weighted by atomic mass is 16.5. The first-order chi connectivity index (χ1) is 13.3. The molecule has 2 aromatic rings. The fourth-order valence-electron chi connectivity index (χ4n) is 4.01. The van der Waals surface area contributed by atoms with Crippen LogP contribution in [0, 0.1) is 0 Å². The number of nitrogens with zero attached hydrogens (tertiary/aromatic N) is 3. The summed E-state index contributed by atoms with van der Waals surface area (Å²) in [7, 11) is 3.41. The number of hydrogen-bond acceptors (Lipinski definition) is 6. The van der Waals surface area contributed by atoms with Crippen molar-refractivity contribution in [1.29, 1.82) is 0 Å². The Morgan fingerprint density at radius 2 is 2.15 bits per heavy atom. The Labute approximate surface area is 160 Å². The molecule has 0 bridgehead atoms. The monoisotopic (exact) mass is 368 g/mol. The van der Waals surface area contributed by atoms with Crippen LogP contribution in [0.15, 0.2) is 24.4 Å². The molecule has 0 amide bonds. The molecule has 2 aliphatic rings. The molecule has 0 radical (unpaired) electrons. The Morgan fingerprint density at radius 1 is 1.22 bits per heavy atom. The van der Waals surface area contributed by atoms with Crippen LogP contribution < -0.4 is 14.8 Å². The van der Waals surface area contributed by atoms with E-state index < -0.39 is 0 Å². The van der Waals surface area contributed by atoms with E-state index >= 15 is 0 Å². The summed E-state index contributed by atoms with van der Waals surface area (Å²) in [6.07, 6.45) is 6.64. The molecule has 6 nitrogen and oxygen atoms in total. The number of ether oxygens (including phenoxy) is 2. The van der Waals surface area contributed by atoms with Gasteiger partial charge in [-0.15, -0.1) is 0 Å². The topological polar surface area (TPSA) is 59.5 Å². The van der Waals surface area contributed by atoms with Gasteiger partial charge in [0, 0.05) is 49.1 Å². The second-order valence-electron chi connectivity index (χ2n) is 7.34. The summed E-state index contributed by atoms with van der Waals surface area (Å²) in [6, 6.07) is 6.28. The Balaban J connectivity index is 1.47. The van der Waals surface area contributed by atoms with Gasteiger partial charge in [-0.2, -0.15) is 0 Å². The van der Waals surface area contributed by atoms with Gasteiger partial charge in [-0.05, 0) is 37.6 Å². The number of aromatic nitrogens is 2. The van der Waals surface area contributed by atoms with E-state index in [1.165, 1.54) is 24.1 Å². The first-order valence-electron chi connectivity index (χ1n) is 9.78. The molecule has 1 aromatic heterocycles. The van der Waals surface area contributed by atoms with Gasteiger partial charge in [-0.3, -0.25) is 4.90 Å². The van der Waals surface area contributed by atoms with Gasteiger partial charge in [-0.25, -0.2) is 9.97 Å². The maximum atomic E-state index is 5.52. The molecule has 144 valence electrons. The zero-order chi connectivity index (χ0) is 18.6. The van der Waals surface area contributed by atoms with Crippen molar-refractivity contribution in [3.8, 4) is 11.5 Å².